The lowest BCUT2D eigenvalue weighted by Crippen LogP contribution is -2.25. The summed E-state index contributed by atoms with van der Waals surface area (Å²) >= 11 is 3.30. The highest BCUT2D eigenvalue weighted by atomic mass is 79.9. The van der Waals surface area contributed by atoms with Crippen LogP contribution in [0.15, 0.2) is 22.7 Å². The van der Waals surface area contributed by atoms with Crippen LogP contribution in [0.4, 0.5) is 5.69 Å². The van der Waals surface area contributed by atoms with Crippen molar-refractivity contribution in [2.24, 2.45) is 0 Å². The predicted molar refractivity (Wildman–Crippen MR) is 74.4 cm³/mol. The summed E-state index contributed by atoms with van der Waals surface area (Å²) in [4.78, 5) is 11.8. The first kappa shape index (κ1) is 14.2. The molecular weight excluding hydrogens is 304 g/mol. The van der Waals surface area contributed by atoms with Gasteiger partial charge in [0.05, 0.1) is 5.56 Å². The molecule has 3 N–H and O–H groups in total. The van der Waals surface area contributed by atoms with Crippen LogP contribution in [0.5, 0.6) is 0 Å². The molecule has 1 unspecified atom stereocenters. The second kappa shape index (κ2) is 6.76. The normalized spacial score (nSPS) is 12.1. The van der Waals surface area contributed by atoms with Gasteiger partial charge in [0.2, 0.25) is 0 Å². The molecule has 0 aliphatic carbocycles. The first-order valence-corrected chi connectivity index (χ1v) is 7.66. The van der Waals surface area contributed by atoms with Crippen LogP contribution >= 0.6 is 15.9 Å². The van der Waals surface area contributed by atoms with Gasteiger partial charge in [0.25, 0.3) is 5.91 Å². The maximum Gasteiger partial charge on any atom is 0.252 e. The molecule has 1 aromatic rings. The molecule has 94 valence electrons. The Kier molecular flexibility index (Phi) is 5.64. The number of amides is 1. The predicted octanol–water partition coefficient (Wildman–Crippen LogP) is 1.53. The number of benzene rings is 1. The molecule has 0 fully saturated rings. The van der Waals surface area contributed by atoms with Crippen molar-refractivity contribution in [2.45, 2.75) is 6.42 Å². The Hall–Kier alpha value is -0.880. The molecule has 6 heteroatoms. The van der Waals surface area contributed by atoms with Crippen molar-refractivity contribution in [1.29, 1.82) is 0 Å². The molecule has 0 aliphatic heterocycles. The van der Waals surface area contributed by atoms with Crippen LogP contribution in [0.2, 0.25) is 0 Å². The molecule has 4 nitrogen and oxygen atoms in total. The maximum absolute atomic E-state index is 11.8. The lowest BCUT2D eigenvalue weighted by molar-refractivity contribution is 0.0953. The number of nitrogen functional groups attached to an aromatic ring is 1. The average molecular weight is 319 g/mol. The largest absolute Gasteiger partial charge is 0.399 e. The number of carbonyl (C=O) groups excluding carboxylic acids is 1. The van der Waals surface area contributed by atoms with Gasteiger partial charge in [-0.3, -0.25) is 9.00 Å². The lowest BCUT2D eigenvalue weighted by atomic mass is 10.2. The molecule has 0 aliphatic rings. The maximum atomic E-state index is 11.8. The number of carbonyl (C=O) groups is 1. The summed E-state index contributed by atoms with van der Waals surface area (Å²) in [5.74, 6) is 0.421. The number of hydrogen-bond donors (Lipinski definition) is 2. The number of halogens is 1. The van der Waals surface area contributed by atoms with Gasteiger partial charge in [0, 0.05) is 39.5 Å². The minimum atomic E-state index is -0.813. The fourth-order valence-electron chi connectivity index (χ4n) is 1.29. The Bertz CT molecular complexity index is 437. The first-order chi connectivity index (χ1) is 8.00. The molecule has 17 heavy (non-hydrogen) atoms. The second-order valence-electron chi connectivity index (χ2n) is 3.63. The van der Waals surface area contributed by atoms with Crippen LogP contribution in [0.25, 0.3) is 0 Å². The fraction of sp³-hybridized carbons (Fsp3) is 0.364. The topological polar surface area (TPSA) is 72.2 Å². The Morgan fingerprint density at radius 3 is 2.88 bits per heavy atom. The van der Waals surface area contributed by atoms with Gasteiger partial charge in [0.15, 0.2) is 0 Å². The Morgan fingerprint density at radius 2 is 2.24 bits per heavy atom. The van der Waals surface area contributed by atoms with Crippen molar-refractivity contribution >= 4 is 38.3 Å². The van der Waals surface area contributed by atoms with Crippen LogP contribution < -0.4 is 11.1 Å². The third-order valence-electron chi connectivity index (χ3n) is 2.13. The van der Waals surface area contributed by atoms with E-state index in [0.29, 0.717) is 34.4 Å². The lowest BCUT2D eigenvalue weighted by Gasteiger charge is -2.07. The van der Waals surface area contributed by atoms with Gasteiger partial charge in [0.1, 0.15) is 0 Å². The highest BCUT2D eigenvalue weighted by molar-refractivity contribution is 9.10. The van der Waals surface area contributed by atoms with Gasteiger partial charge in [-0.1, -0.05) is 0 Å². The van der Waals surface area contributed by atoms with Gasteiger partial charge >= 0.3 is 0 Å². The molecule has 0 radical (unpaired) electrons. The van der Waals surface area contributed by atoms with E-state index in [9.17, 15) is 9.00 Å². The van der Waals surface area contributed by atoms with E-state index in [0.717, 1.165) is 0 Å². The molecule has 0 aromatic heterocycles. The summed E-state index contributed by atoms with van der Waals surface area (Å²) in [5, 5.41) is 2.76. The summed E-state index contributed by atoms with van der Waals surface area (Å²) in [5.41, 5.74) is 6.68. The minimum Gasteiger partial charge on any atom is -0.399 e. The fourth-order valence-corrected chi connectivity index (χ4v) is 2.27. The zero-order chi connectivity index (χ0) is 12.8. The highest BCUT2D eigenvalue weighted by Gasteiger charge is 2.09. The molecule has 1 rings (SSSR count). The quantitative estimate of drug-likeness (QED) is 0.639. The van der Waals surface area contributed by atoms with E-state index >= 15 is 0 Å². The molecule has 0 bridgehead atoms. The minimum absolute atomic E-state index is 0.175. The number of anilines is 1. The summed E-state index contributed by atoms with van der Waals surface area (Å²) in [6.07, 6.45) is 2.35. The third-order valence-corrected chi connectivity index (χ3v) is 3.68. The second-order valence-corrected chi connectivity index (χ2v) is 6.04. The van der Waals surface area contributed by atoms with E-state index in [1.54, 1.807) is 24.5 Å². The first-order valence-electron chi connectivity index (χ1n) is 5.14. The average Bonchev–Trinajstić information content (AvgIpc) is 2.27. The molecule has 0 spiro atoms. The number of nitrogens with two attached hydrogens (primary N) is 1. The molecule has 1 aromatic carbocycles. The molecule has 1 amide bonds. The van der Waals surface area contributed by atoms with Crippen molar-refractivity contribution in [3.05, 3.63) is 28.2 Å². The standard InChI is InChI=1S/C11H15BrN2O2S/c1-17(16)6-2-5-14-11(15)9-7-8(13)3-4-10(9)12/h3-4,7H,2,5-6,13H2,1H3,(H,14,15). The zero-order valence-electron chi connectivity index (χ0n) is 9.53. The van der Waals surface area contributed by atoms with Gasteiger partial charge in [-0.25, -0.2) is 0 Å². The van der Waals surface area contributed by atoms with E-state index < -0.39 is 10.8 Å². The SMILES string of the molecule is CS(=O)CCCNC(=O)c1cc(N)ccc1Br. The highest BCUT2D eigenvalue weighted by Crippen LogP contribution is 2.19. The zero-order valence-corrected chi connectivity index (χ0v) is 11.9. The summed E-state index contributed by atoms with van der Waals surface area (Å²) < 4.78 is 11.5. The number of hydrogen-bond acceptors (Lipinski definition) is 3. The van der Waals surface area contributed by atoms with Crippen LogP contribution in [0.3, 0.4) is 0 Å². The van der Waals surface area contributed by atoms with Gasteiger partial charge < -0.3 is 11.1 Å². The summed E-state index contributed by atoms with van der Waals surface area (Å²) in [6, 6.07) is 5.09. The monoisotopic (exact) mass is 318 g/mol. The molecule has 0 heterocycles. The molecule has 0 saturated heterocycles. The number of rotatable bonds is 5. The molecule has 0 saturated carbocycles. The van der Waals surface area contributed by atoms with Crippen molar-refractivity contribution in [3.8, 4) is 0 Å². The number of nitrogens with one attached hydrogen (secondary N) is 1. The van der Waals surface area contributed by atoms with Crippen molar-refractivity contribution in [2.75, 3.05) is 24.3 Å². The van der Waals surface area contributed by atoms with E-state index in [1.807, 2.05) is 0 Å². The Balaban J connectivity index is 2.52. The van der Waals surface area contributed by atoms with Crippen LogP contribution in [0.1, 0.15) is 16.8 Å². The Labute approximate surface area is 112 Å². The van der Waals surface area contributed by atoms with E-state index in [-0.39, 0.29) is 5.91 Å². The van der Waals surface area contributed by atoms with Crippen LogP contribution in [0, 0.1) is 0 Å². The van der Waals surface area contributed by atoms with E-state index in [1.165, 1.54) is 0 Å². The van der Waals surface area contributed by atoms with E-state index in [4.69, 9.17) is 5.73 Å². The van der Waals surface area contributed by atoms with Crippen molar-refractivity contribution < 1.29 is 9.00 Å². The molecule has 1 atom stereocenters. The van der Waals surface area contributed by atoms with Crippen LogP contribution in [-0.4, -0.2) is 28.7 Å². The van der Waals surface area contributed by atoms with Gasteiger partial charge in [-0.2, -0.15) is 0 Å². The van der Waals surface area contributed by atoms with Crippen molar-refractivity contribution in [1.82, 2.24) is 5.32 Å². The van der Waals surface area contributed by atoms with Gasteiger partial charge in [-0.05, 0) is 40.5 Å². The Morgan fingerprint density at radius 1 is 1.53 bits per heavy atom. The van der Waals surface area contributed by atoms with E-state index in [2.05, 4.69) is 21.2 Å². The van der Waals surface area contributed by atoms with Gasteiger partial charge in [-0.15, -0.1) is 0 Å². The van der Waals surface area contributed by atoms with Crippen LogP contribution in [-0.2, 0) is 10.8 Å². The smallest absolute Gasteiger partial charge is 0.252 e. The molecular formula is C11H15BrN2O2S. The third kappa shape index (κ3) is 4.87. The summed E-state index contributed by atoms with van der Waals surface area (Å²) in [6.45, 7) is 0.514. The summed E-state index contributed by atoms with van der Waals surface area (Å²) in [7, 11) is -0.813. The van der Waals surface area contributed by atoms with Crippen molar-refractivity contribution in [3.63, 3.8) is 0 Å².